The first-order chi connectivity index (χ1) is 12.5. The van der Waals surface area contributed by atoms with Crippen molar-refractivity contribution in [3.8, 4) is 5.75 Å². The van der Waals surface area contributed by atoms with Crippen LogP contribution < -0.4 is 11.2 Å². The van der Waals surface area contributed by atoms with Gasteiger partial charge in [-0.3, -0.25) is 4.79 Å². The Balaban J connectivity index is 2.04. The second kappa shape index (κ2) is 6.23. The van der Waals surface area contributed by atoms with Gasteiger partial charge >= 0.3 is 5.63 Å². The van der Waals surface area contributed by atoms with Crippen LogP contribution in [0, 0.1) is 0 Å². The van der Waals surface area contributed by atoms with Crippen molar-refractivity contribution in [3.05, 3.63) is 74.3 Å². The summed E-state index contributed by atoms with van der Waals surface area (Å²) in [6.45, 7) is 0. The van der Waals surface area contributed by atoms with E-state index in [-0.39, 0.29) is 21.6 Å². The van der Waals surface area contributed by atoms with Gasteiger partial charge in [-0.25, -0.2) is 4.79 Å². The Morgan fingerprint density at radius 2 is 1.77 bits per heavy atom. The molecule has 0 atom stereocenters. The highest BCUT2D eigenvalue weighted by molar-refractivity contribution is 7.99. The van der Waals surface area contributed by atoms with Crippen molar-refractivity contribution >= 4 is 45.2 Å². The molecule has 130 valence electrons. The van der Waals surface area contributed by atoms with Crippen molar-refractivity contribution in [1.29, 1.82) is 0 Å². The average molecular weight is 386 g/mol. The molecule has 26 heavy (non-hydrogen) atoms. The molecule has 0 fully saturated rings. The number of aromatic hydroxyl groups is 1. The molecule has 7 heteroatoms. The van der Waals surface area contributed by atoms with E-state index in [2.05, 4.69) is 0 Å². The second-order valence-corrected chi connectivity index (χ2v) is 7.23. The summed E-state index contributed by atoms with van der Waals surface area (Å²) < 4.78 is 6.87. The van der Waals surface area contributed by atoms with Crippen LogP contribution >= 0.6 is 23.4 Å². The Hall–Kier alpha value is -2.70. The van der Waals surface area contributed by atoms with Gasteiger partial charge in [0.25, 0.3) is 5.56 Å². The first kappa shape index (κ1) is 16.8. The fourth-order valence-electron chi connectivity index (χ4n) is 2.84. The summed E-state index contributed by atoms with van der Waals surface area (Å²) in [7, 11) is 1.61. The van der Waals surface area contributed by atoms with Crippen molar-refractivity contribution in [2.24, 2.45) is 7.05 Å². The highest BCUT2D eigenvalue weighted by Crippen LogP contribution is 2.37. The van der Waals surface area contributed by atoms with Gasteiger partial charge in [0, 0.05) is 22.4 Å². The molecule has 0 radical (unpaired) electrons. The molecule has 0 aliphatic heterocycles. The van der Waals surface area contributed by atoms with Gasteiger partial charge in [-0.2, -0.15) is 0 Å². The predicted molar refractivity (Wildman–Crippen MR) is 102 cm³/mol. The molecule has 0 aliphatic rings. The normalized spacial score (nSPS) is 11.3. The van der Waals surface area contributed by atoms with Crippen molar-refractivity contribution in [3.63, 3.8) is 0 Å². The maximum absolute atomic E-state index is 12.7. The number of benzene rings is 2. The van der Waals surface area contributed by atoms with Crippen LogP contribution in [0.4, 0.5) is 0 Å². The number of fused-ring (bicyclic) bond motifs is 3. The monoisotopic (exact) mass is 385 g/mol. The van der Waals surface area contributed by atoms with Gasteiger partial charge < -0.3 is 14.1 Å². The van der Waals surface area contributed by atoms with E-state index >= 15 is 0 Å². The molecule has 2 heterocycles. The molecular formula is C19H12ClNO4S. The Morgan fingerprint density at radius 3 is 2.50 bits per heavy atom. The van der Waals surface area contributed by atoms with E-state index in [9.17, 15) is 14.7 Å². The van der Waals surface area contributed by atoms with Crippen molar-refractivity contribution in [2.45, 2.75) is 9.79 Å². The molecule has 0 saturated heterocycles. The number of hydrogen-bond acceptors (Lipinski definition) is 5. The number of rotatable bonds is 2. The van der Waals surface area contributed by atoms with Gasteiger partial charge in [-0.05, 0) is 36.4 Å². The number of aryl methyl sites for hydroxylation is 1. The average Bonchev–Trinajstić information content (AvgIpc) is 2.64. The van der Waals surface area contributed by atoms with Crippen LogP contribution in [-0.4, -0.2) is 9.67 Å². The second-order valence-electron chi connectivity index (χ2n) is 5.71. The highest BCUT2D eigenvalue weighted by Gasteiger charge is 2.21. The first-order valence-electron chi connectivity index (χ1n) is 7.68. The minimum atomic E-state index is -0.701. The zero-order valence-corrected chi connectivity index (χ0v) is 15.1. The van der Waals surface area contributed by atoms with Crippen LogP contribution in [0.3, 0.4) is 0 Å². The molecule has 2 aromatic carbocycles. The SMILES string of the molecule is Cn1c(=O)c2c(O)c(Sc3ccc(Cl)cc3)c(=O)oc2c2ccccc21. The summed E-state index contributed by atoms with van der Waals surface area (Å²) in [4.78, 5) is 25.9. The lowest BCUT2D eigenvalue weighted by Crippen LogP contribution is -2.19. The Kier molecular flexibility index (Phi) is 4.01. The first-order valence-corrected chi connectivity index (χ1v) is 8.87. The fourth-order valence-corrected chi connectivity index (χ4v) is 3.80. The zero-order valence-electron chi connectivity index (χ0n) is 13.5. The number of nitrogens with zero attached hydrogens (tertiary/aromatic N) is 1. The molecule has 4 aromatic rings. The fraction of sp³-hybridized carbons (Fsp3) is 0.0526. The third-order valence-electron chi connectivity index (χ3n) is 4.12. The van der Waals surface area contributed by atoms with Crippen LogP contribution in [0.2, 0.25) is 5.02 Å². The van der Waals surface area contributed by atoms with Gasteiger partial charge in [-0.15, -0.1) is 0 Å². The third kappa shape index (κ3) is 2.58. The molecule has 5 nitrogen and oxygen atoms in total. The molecule has 0 unspecified atom stereocenters. The number of para-hydroxylation sites is 1. The minimum absolute atomic E-state index is 0.0118. The lowest BCUT2D eigenvalue weighted by atomic mass is 10.1. The summed E-state index contributed by atoms with van der Waals surface area (Å²) >= 11 is 6.89. The van der Waals surface area contributed by atoms with Gasteiger partial charge in [-0.1, -0.05) is 35.5 Å². The van der Waals surface area contributed by atoms with Crippen molar-refractivity contribution in [1.82, 2.24) is 4.57 Å². The molecule has 0 saturated carbocycles. The van der Waals surface area contributed by atoms with E-state index in [1.807, 2.05) is 0 Å². The quantitative estimate of drug-likeness (QED) is 0.525. The van der Waals surface area contributed by atoms with Gasteiger partial charge in [0.2, 0.25) is 0 Å². The van der Waals surface area contributed by atoms with Crippen LogP contribution in [-0.2, 0) is 7.05 Å². The molecule has 1 N–H and O–H groups in total. The van der Waals surface area contributed by atoms with E-state index in [0.29, 0.717) is 20.8 Å². The predicted octanol–water partition coefficient (Wildman–Crippen LogP) is 4.16. The van der Waals surface area contributed by atoms with E-state index < -0.39 is 11.2 Å². The lowest BCUT2D eigenvalue weighted by Gasteiger charge is -2.10. The van der Waals surface area contributed by atoms with Crippen LogP contribution in [0.1, 0.15) is 0 Å². The van der Waals surface area contributed by atoms with Gasteiger partial charge in [0.05, 0.1) is 5.52 Å². The van der Waals surface area contributed by atoms with Crippen LogP contribution in [0.5, 0.6) is 5.75 Å². The topological polar surface area (TPSA) is 72.4 Å². The van der Waals surface area contributed by atoms with Crippen molar-refractivity contribution in [2.75, 3.05) is 0 Å². The van der Waals surface area contributed by atoms with Gasteiger partial charge in [0.1, 0.15) is 10.3 Å². The summed E-state index contributed by atoms with van der Waals surface area (Å²) in [5.41, 5.74) is -0.427. The third-order valence-corrected chi connectivity index (χ3v) is 5.45. The number of hydrogen-bond donors (Lipinski definition) is 1. The molecular weight excluding hydrogens is 374 g/mol. The summed E-state index contributed by atoms with van der Waals surface area (Å²) in [5.74, 6) is -0.373. The smallest absolute Gasteiger partial charge is 0.354 e. The lowest BCUT2D eigenvalue weighted by molar-refractivity contribution is 0.447. The maximum Gasteiger partial charge on any atom is 0.354 e. The summed E-state index contributed by atoms with van der Waals surface area (Å²) in [6, 6.07) is 13.8. The number of aromatic nitrogens is 1. The molecule has 0 bridgehead atoms. The van der Waals surface area contributed by atoms with E-state index in [4.69, 9.17) is 16.0 Å². The maximum atomic E-state index is 12.7. The van der Waals surface area contributed by atoms with E-state index in [0.717, 1.165) is 11.8 Å². The molecule has 0 amide bonds. The molecule has 0 spiro atoms. The van der Waals surface area contributed by atoms with Crippen molar-refractivity contribution < 1.29 is 9.52 Å². The van der Waals surface area contributed by atoms with Gasteiger partial charge in [0.15, 0.2) is 11.3 Å². The largest absolute Gasteiger partial charge is 0.505 e. The number of halogens is 1. The van der Waals surface area contributed by atoms with E-state index in [1.165, 1.54) is 4.57 Å². The summed E-state index contributed by atoms with van der Waals surface area (Å²) in [6.07, 6.45) is 0. The van der Waals surface area contributed by atoms with Crippen LogP contribution in [0.15, 0.2) is 72.3 Å². The zero-order chi connectivity index (χ0) is 18.4. The Morgan fingerprint density at radius 1 is 1.08 bits per heavy atom. The molecule has 4 rings (SSSR count). The van der Waals surface area contributed by atoms with E-state index in [1.54, 1.807) is 55.6 Å². The summed E-state index contributed by atoms with van der Waals surface area (Å²) in [5, 5.41) is 11.8. The Labute approximate surface area is 156 Å². The Bertz CT molecular complexity index is 1280. The van der Waals surface area contributed by atoms with Crippen LogP contribution in [0.25, 0.3) is 21.9 Å². The standard InChI is InChI=1S/C19H12ClNO4S/c1-21-13-5-3-2-4-12(13)16-14(18(21)23)15(22)17(19(24)25-16)26-11-8-6-10(20)7-9-11/h2-9,22H,1H3. The molecule has 2 aromatic heterocycles. The highest BCUT2D eigenvalue weighted by atomic mass is 35.5. The minimum Gasteiger partial charge on any atom is -0.505 e. The molecule has 0 aliphatic carbocycles. The number of pyridine rings is 1.